The zero-order valence-corrected chi connectivity index (χ0v) is 9.84. The van der Waals surface area contributed by atoms with Gasteiger partial charge in [0.25, 0.3) is 0 Å². The van der Waals surface area contributed by atoms with E-state index in [0.29, 0.717) is 13.2 Å². The Labute approximate surface area is 87.2 Å². The summed E-state index contributed by atoms with van der Waals surface area (Å²) in [6.45, 7) is 7.08. The van der Waals surface area contributed by atoms with Gasteiger partial charge in [0.1, 0.15) is 0 Å². The summed E-state index contributed by atoms with van der Waals surface area (Å²) in [7, 11) is 4.06. The van der Waals surface area contributed by atoms with Crippen LogP contribution in [0.15, 0.2) is 0 Å². The van der Waals surface area contributed by atoms with Crippen LogP contribution in [-0.4, -0.2) is 62.6 Å². The number of nitrogens with zero attached hydrogens (tertiary/aromatic N) is 1. The van der Waals surface area contributed by atoms with Crippen LogP contribution in [0.25, 0.3) is 0 Å². The first kappa shape index (κ1) is 13.8. The largest absolute Gasteiger partial charge is 0.394 e. The van der Waals surface area contributed by atoms with Crippen molar-refractivity contribution < 1.29 is 9.84 Å². The van der Waals surface area contributed by atoms with Gasteiger partial charge in [-0.05, 0) is 27.9 Å². The molecule has 14 heavy (non-hydrogen) atoms. The van der Waals surface area contributed by atoms with Crippen molar-refractivity contribution in [2.75, 3.05) is 47.0 Å². The fraction of sp³-hybridized carbons (Fsp3) is 1.00. The molecule has 0 aromatic rings. The van der Waals surface area contributed by atoms with Crippen LogP contribution < -0.4 is 5.32 Å². The van der Waals surface area contributed by atoms with Gasteiger partial charge in [-0.1, -0.05) is 0 Å². The number of nitrogens with one attached hydrogen (secondary N) is 1. The number of hydrogen-bond donors (Lipinski definition) is 2. The van der Waals surface area contributed by atoms with E-state index in [2.05, 4.69) is 10.2 Å². The molecule has 0 fully saturated rings. The van der Waals surface area contributed by atoms with Crippen LogP contribution in [0, 0.1) is 0 Å². The third-order valence-electron chi connectivity index (χ3n) is 2.08. The summed E-state index contributed by atoms with van der Waals surface area (Å²) in [5.41, 5.74) is -0.313. The van der Waals surface area contributed by atoms with Gasteiger partial charge in [0.05, 0.1) is 18.8 Å². The minimum atomic E-state index is -0.313. The van der Waals surface area contributed by atoms with Crippen LogP contribution in [0.2, 0.25) is 0 Å². The quantitative estimate of drug-likeness (QED) is 0.581. The summed E-state index contributed by atoms with van der Waals surface area (Å²) in [5.74, 6) is 0. The smallest absolute Gasteiger partial charge is 0.0667 e. The zero-order chi connectivity index (χ0) is 11.0. The van der Waals surface area contributed by atoms with Gasteiger partial charge < -0.3 is 20.1 Å². The van der Waals surface area contributed by atoms with Crippen molar-refractivity contribution in [3.63, 3.8) is 0 Å². The predicted octanol–water partition coefficient (Wildman–Crippen LogP) is -0.0749. The van der Waals surface area contributed by atoms with Gasteiger partial charge in [0.15, 0.2) is 0 Å². The van der Waals surface area contributed by atoms with Crippen LogP contribution in [0.5, 0.6) is 0 Å². The molecule has 0 radical (unpaired) electrons. The minimum Gasteiger partial charge on any atom is -0.394 e. The Hall–Kier alpha value is -0.160. The molecule has 1 atom stereocenters. The molecule has 0 aromatic heterocycles. The van der Waals surface area contributed by atoms with E-state index in [0.717, 1.165) is 13.1 Å². The van der Waals surface area contributed by atoms with Crippen molar-refractivity contribution >= 4 is 0 Å². The lowest BCUT2D eigenvalue weighted by molar-refractivity contribution is 0.0499. The average molecular weight is 204 g/mol. The highest BCUT2D eigenvalue weighted by atomic mass is 16.5. The Morgan fingerprint density at radius 2 is 2.07 bits per heavy atom. The topological polar surface area (TPSA) is 44.7 Å². The highest BCUT2D eigenvalue weighted by Gasteiger charge is 2.22. The van der Waals surface area contributed by atoms with Crippen molar-refractivity contribution in [3.05, 3.63) is 0 Å². The number of aliphatic hydroxyl groups excluding tert-OH is 1. The molecule has 0 aliphatic carbocycles. The van der Waals surface area contributed by atoms with Crippen molar-refractivity contribution in [2.24, 2.45) is 0 Å². The third kappa shape index (κ3) is 6.32. The Bertz CT molecular complexity index is 142. The second-order valence-electron chi connectivity index (χ2n) is 4.09. The van der Waals surface area contributed by atoms with Crippen LogP contribution in [0.1, 0.15) is 13.8 Å². The van der Waals surface area contributed by atoms with Crippen molar-refractivity contribution in [1.82, 2.24) is 10.2 Å². The van der Waals surface area contributed by atoms with Crippen LogP contribution in [-0.2, 0) is 4.74 Å². The van der Waals surface area contributed by atoms with Crippen LogP contribution >= 0.6 is 0 Å². The normalized spacial score (nSPS) is 15.9. The first-order chi connectivity index (χ1) is 6.54. The number of ether oxygens (including phenoxy) is 1. The van der Waals surface area contributed by atoms with Gasteiger partial charge in [-0.25, -0.2) is 0 Å². The molecular weight excluding hydrogens is 180 g/mol. The molecule has 0 spiro atoms. The minimum absolute atomic E-state index is 0.0976. The first-order valence-corrected chi connectivity index (χ1v) is 5.12. The SMILES string of the molecule is CCOCC(C)(CO)NCCN(C)C. The van der Waals surface area contributed by atoms with Crippen LogP contribution in [0.3, 0.4) is 0 Å². The molecule has 2 N–H and O–H groups in total. The molecule has 0 aromatic carbocycles. The van der Waals surface area contributed by atoms with Gasteiger partial charge in [-0.15, -0.1) is 0 Å². The van der Waals surface area contributed by atoms with E-state index in [1.54, 1.807) is 0 Å². The second-order valence-corrected chi connectivity index (χ2v) is 4.09. The molecule has 1 unspecified atom stereocenters. The van der Waals surface area contributed by atoms with Gasteiger partial charge >= 0.3 is 0 Å². The summed E-state index contributed by atoms with van der Waals surface area (Å²) < 4.78 is 5.31. The molecule has 0 heterocycles. The summed E-state index contributed by atoms with van der Waals surface area (Å²) in [4.78, 5) is 2.10. The molecule has 0 amide bonds. The Balaban J connectivity index is 3.74. The van der Waals surface area contributed by atoms with Gasteiger partial charge in [0, 0.05) is 19.7 Å². The van der Waals surface area contributed by atoms with Gasteiger partial charge in [-0.2, -0.15) is 0 Å². The molecule has 0 aliphatic rings. The molecule has 4 nitrogen and oxygen atoms in total. The number of aliphatic hydroxyl groups is 1. The Kier molecular flexibility index (Phi) is 7.09. The highest BCUT2D eigenvalue weighted by Crippen LogP contribution is 2.02. The predicted molar refractivity (Wildman–Crippen MR) is 58.5 cm³/mol. The molecular formula is C10H24N2O2. The maximum Gasteiger partial charge on any atom is 0.0667 e. The fourth-order valence-electron chi connectivity index (χ4n) is 1.06. The highest BCUT2D eigenvalue weighted by molar-refractivity contribution is 4.82. The number of rotatable bonds is 8. The van der Waals surface area contributed by atoms with E-state index < -0.39 is 0 Å². The maximum absolute atomic E-state index is 9.22. The molecule has 0 saturated heterocycles. The van der Waals surface area contributed by atoms with Crippen molar-refractivity contribution in [2.45, 2.75) is 19.4 Å². The molecule has 0 bridgehead atoms. The van der Waals surface area contributed by atoms with E-state index in [-0.39, 0.29) is 12.1 Å². The van der Waals surface area contributed by atoms with E-state index in [4.69, 9.17) is 4.74 Å². The summed E-state index contributed by atoms with van der Waals surface area (Å²) in [5, 5.41) is 12.5. The van der Waals surface area contributed by atoms with Crippen LogP contribution in [0.4, 0.5) is 0 Å². The first-order valence-electron chi connectivity index (χ1n) is 5.12. The standard InChI is InChI=1S/C10H24N2O2/c1-5-14-9-10(2,8-13)11-6-7-12(3)4/h11,13H,5-9H2,1-4H3. The summed E-state index contributed by atoms with van der Waals surface area (Å²) in [6.07, 6.45) is 0. The molecule has 4 heteroatoms. The Morgan fingerprint density at radius 1 is 1.43 bits per heavy atom. The summed E-state index contributed by atoms with van der Waals surface area (Å²) >= 11 is 0. The number of likely N-dealkylation sites (N-methyl/N-ethyl adjacent to an activating group) is 1. The lowest BCUT2D eigenvalue weighted by atomic mass is 10.1. The lowest BCUT2D eigenvalue weighted by Crippen LogP contribution is -2.51. The third-order valence-corrected chi connectivity index (χ3v) is 2.08. The summed E-state index contributed by atoms with van der Waals surface area (Å²) in [6, 6.07) is 0. The Morgan fingerprint density at radius 3 is 2.50 bits per heavy atom. The van der Waals surface area contributed by atoms with Crippen molar-refractivity contribution in [1.29, 1.82) is 0 Å². The van der Waals surface area contributed by atoms with Gasteiger partial charge in [0.2, 0.25) is 0 Å². The van der Waals surface area contributed by atoms with Gasteiger partial charge in [-0.3, -0.25) is 0 Å². The number of hydrogen-bond acceptors (Lipinski definition) is 4. The molecule has 86 valence electrons. The van der Waals surface area contributed by atoms with E-state index in [1.807, 2.05) is 27.9 Å². The fourth-order valence-corrected chi connectivity index (χ4v) is 1.06. The van der Waals surface area contributed by atoms with E-state index in [9.17, 15) is 5.11 Å². The maximum atomic E-state index is 9.22. The lowest BCUT2D eigenvalue weighted by Gasteiger charge is -2.29. The zero-order valence-electron chi connectivity index (χ0n) is 9.84. The molecule has 0 saturated carbocycles. The molecule has 0 aliphatic heterocycles. The average Bonchev–Trinajstić information content (AvgIpc) is 2.14. The van der Waals surface area contributed by atoms with E-state index >= 15 is 0 Å². The second kappa shape index (κ2) is 7.17. The van der Waals surface area contributed by atoms with Crippen molar-refractivity contribution in [3.8, 4) is 0 Å². The van der Waals surface area contributed by atoms with E-state index in [1.165, 1.54) is 0 Å². The molecule has 0 rings (SSSR count). The monoisotopic (exact) mass is 204 g/mol.